The average molecular weight is 525 g/mol. The van der Waals surface area contributed by atoms with Crippen molar-refractivity contribution in [2.45, 2.75) is 56.7 Å². The van der Waals surface area contributed by atoms with Gasteiger partial charge in [0.25, 0.3) is 0 Å². The molecule has 1 aliphatic heterocycles. The molecule has 1 aliphatic carbocycles. The maximum atomic E-state index is 14.9. The van der Waals surface area contributed by atoms with Gasteiger partial charge in [-0.3, -0.25) is 4.79 Å². The Hall–Kier alpha value is -3.24. The van der Waals surface area contributed by atoms with Crippen molar-refractivity contribution >= 4 is 44.9 Å². The van der Waals surface area contributed by atoms with E-state index in [0.717, 1.165) is 67.6 Å². The molecule has 196 valence electrons. The van der Waals surface area contributed by atoms with E-state index in [1.54, 1.807) is 23.5 Å². The number of fused-ring (bicyclic) bond motifs is 1. The quantitative estimate of drug-likeness (QED) is 0.354. The van der Waals surface area contributed by atoms with E-state index in [-0.39, 0.29) is 29.8 Å². The second kappa shape index (κ2) is 11.4. The summed E-state index contributed by atoms with van der Waals surface area (Å²) in [4.78, 5) is 23.2. The molecule has 10 heteroatoms. The zero-order valence-corrected chi connectivity index (χ0v) is 21.8. The number of hydrogen-bond acceptors (Lipinski definition) is 8. The second-order valence-electron chi connectivity index (χ2n) is 9.83. The number of ether oxygens (including phenoxy) is 1. The normalized spacial score (nSPS) is 20.9. The van der Waals surface area contributed by atoms with Crippen LogP contribution in [0, 0.1) is 5.82 Å². The number of rotatable bonds is 8. The Morgan fingerprint density at radius 2 is 1.89 bits per heavy atom. The van der Waals surface area contributed by atoms with E-state index in [2.05, 4.69) is 39.5 Å². The van der Waals surface area contributed by atoms with Crippen LogP contribution in [-0.4, -0.2) is 59.1 Å². The van der Waals surface area contributed by atoms with Gasteiger partial charge in [-0.2, -0.15) is 4.98 Å². The molecule has 0 atom stereocenters. The summed E-state index contributed by atoms with van der Waals surface area (Å²) in [6.45, 7) is 5.43. The lowest BCUT2D eigenvalue weighted by molar-refractivity contribution is -0.117. The van der Waals surface area contributed by atoms with Crippen LogP contribution >= 0.6 is 11.3 Å². The number of piperidine rings is 1. The van der Waals surface area contributed by atoms with E-state index in [0.29, 0.717) is 11.6 Å². The molecule has 5 rings (SSSR count). The molecule has 3 aromatic rings. The highest BCUT2D eigenvalue weighted by molar-refractivity contribution is 7.17. The van der Waals surface area contributed by atoms with Gasteiger partial charge >= 0.3 is 0 Å². The van der Waals surface area contributed by atoms with Gasteiger partial charge in [-0.05, 0) is 75.2 Å². The lowest BCUT2D eigenvalue weighted by Crippen LogP contribution is -2.39. The second-order valence-corrected chi connectivity index (χ2v) is 10.7. The Balaban J connectivity index is 1.25. The molecule has 3 N–H and O–H groups in total. The van der Waals surface area contributed by atoms with Crippen molar-refractivity contribution in [3.8, 4) is 5.75 Å². The summed E-state index contributed by atoms with van der Waals surface area (Å²) < 4.78 is 21.8. The van der Waals surface area contributed by atoms with Gasteiger partial charge < -0.3 is 25.6 Å². The first kappa shape index (κ1) is 25.4. The van der Waals surface area contributed by atoms with E-state index in [1.807, 2.05) is 11.4 Å². The van der Waals surface area contributed by atoms with Crippen LogP contribution in [0.15, 0.2) is 42.3 Å². The molecular formula is C27H33FN6O2S. The fourth-order valence-electron chi connectivity index (χ4n) is 4.94. The number of halogens is 1. The number of carbonyl (C=O) groups excluding carboxylic acids is 1. The van der Waals surface area contributed by atoms with E-state index >= 15 is 0 Å². The molecule has 0 unspecified atom stereocenters. The van der Waals surface area contributed by atoms with Crippen molar-refractivity contribution in [2.75, 3.05) is 30.8 Å². The van der Waals surface area contributed by atoms with E-state index in [9.17, 15) is 9.18 Å². The van der Waals surface area contributed by atoms with Crippen molar-refractivity contribution < 1.29 is 13.9 Å². The lowest BCUT2D eigenvalue weighted by Gasteiger charge is -2.30. The summed E-state index contributed by atoms with van der Waals surface area (Å²) in [5.74, 6) is 0.921. The maximum Gasteiger partial charge on any atom is 0.243 e. The Morgan fingerprint density at radius 3 is 2.62 bits per heavy atom. The third-order valence-corrected chi connectivity index (χ3v) is 7.96. The van der Waals surface area contributed by atoms with E-state index in [4.69, 9.17) is 9.72 Å². The van der Waals surface area contributed by atoms with Crippen molar-refractivity contribution in [3.63, 3.8) is 0 Å². The van der Waals surface area contributed by atoms with Gasteiger partial charge in [0, 0.05) is 36.9 Å². The lowest BCUT2D eigenvalue weighted by atomic mass is 9.91. The van der Waals surface area contributed by atoms with Crippen LogP contribution in [-0.2, 0) is 4.79 Å². The highest BCUT2D eigenvalue weighted by atomic mass is 32.1. The van der Waals surface area contributed by atoms with Crippen LogP contribution < -0.4 is 20.7 Å². The average Bonchev–Trinajstić information content (AvgIpc) is 3.37. The maximum absolute atomic E-state index is 14.9. The largest absolute Gasteiger partial charge is 0.487 e. The molecule has 3 heterocycles. The number of nitrogens with one attached hydrogen (secondary N) is 3. The van der Waals surface area contributed by atoms with Gasteiger partial charge in [0.2, 0.25) is 11.9 Å². The van der Waals surface area contributed by atoms with Crippen molar-refractivity contribution in [2.24, 2.45) is 0 Å². The third kappa shape index (κ3) is 6.37. The number of carbonyl (C=O) groups is 1. The van der Waals surface area contributed by atoms with Crippen LogP contribution in [0.4, 0.5) is 21.8 Å². The number of nitrogens with zero attached hydrogens (tertiary/aromatic N) is 3. The van der Waals surface area contributed by atoms with Gasteiger partial charge in [-0.15, -0.1) is 11.3 Å². The van der Waals surface area contributed by atoms with Crippen molar-refractivity contribution in [3.05, 3.63) is 48.1 Å². The van der Waals surface area contributed by atoms with Gasteiger partial charge in [0.1, 0.15) is 11.9 Å². The molecule has 1 amide bonds. The minimum Gasteiger partial charge on any atom is -0.487 e. The van der Waals surface area contributed by atoms with Crippen molar-refractivity contribution in [1.29, 1.82) is 0 Å². The molecule has 2 aromatic heterocycles. The summed E-state index contributed by atoms with van der Waals surface area (Å²) in [6, 6.07) is 7.27. The Bertz CT molecular complexity index is 1250. The van der Waals surface area contributed by atoms with Crippen LogP contribution in [0.5, 0.6) is 5.75 Å². The predicted molar refractivity (Wildman–Crippen MR) is 146 cm³/mol. The molecule has 0 spiro atoms. The number of thiophene rings is 1. The van der Waals surface area contributed by atoms with Gasteiger partial charge in [-0.25, -0.2) is 9.37 Å². The van der Waals surface area contributed by atoms with Crippen molar-refractivity contribution in [1.82, 2.24) is 20.2 Å². The SMILES string of the molecule is C=CC(=O)N[C@H]1CC[C@@H](Nc2nc(Nc3ccc(OC4CCN(C)CC4)c(F)c3)nc3ccsc23)CC1. The smallest absolute Gasteiger partial charge is 0.243 e. The number of benzene rings is 1. The number of aromatic nitrogens is 2. The van der Waals surface area contributed by atoms with Crippen LogP contribution in [0.25, 0.3) is 10.2 Å². The summed E-state index contributed by atoms with van der Waals surface area (Å²) in [7, 11) is 2.09. The first-order valence-corrected chi connectivity index (χ1v) is 13.7. The molecule has 1 saturated heterocycles. The molecule has 2 aliphatic rings. The summed E-state index contributed by atoms with van der Waals surface area (Å²) in [5, 5.41) is 11.7. The first-order chi connectivity index (χ1) is 18.0. The van der Waals surface area contributed by atoms with Crippen LogP contribution in [0.1, 0.15) is 38.5 Å². The zero-order valence-electron chi connectivity index (χ0n) is 21.0. The molecular weight excluding hydrogens is 491 g/mol. The number of hydrogen-bond donors (Lipinski definition) is 3. The van der Waals surface area contributed by atoms with Gasteiger partial charge in [0.05, 0.1) is 10.2 Å². The summed E-state index contributed by atoms with van der Waals surface area (Å²) in [5.41, 5.74) is 1.40. The third-order valence-electron chi connectivity index (χ3n) is 7.05. The van der Waals surface area contributed by atoms with Gasteiger partial charge in [0.15, 0.2) is 11.6 Å². The van der Waals surface area contributed by atoms with E-state index in [1.165, 1.54) is 12.1 Å². The minimum absolute atomic E-state index is 0.0378. The predicted octanol–water partition coefficient (Wildman–Crippen LogP) is 5.07. The summed E-state index contributed by atoms with van der Waals surface area (Å²) >= 11 is 1.59. The highest BCUT2D eigenvalue weighted by Gasteiger charge is 2.23. The monoisotopic (exact) mass is 524 g/mol. The first-order valence-electron chi connectivity index (χ1n) is 12.8. The zero-order chi connectivity index (χ0) is 25.8. The number of anilines is 3. The molecule has 0 bridgehead atoms. The molecule has 2 fully saturated rings. The molecule has 37 heavy (non-hydrogen) atoms. The van der Waals surface area contributed by atoms with Crippen LogP contribution in [0.3, 0.4) is 0 Å². The van der Waals surface area contributed by atoms with Gasteiger partial charge in [-0.1, -0.05) is 6.58 Å². The summed E-state index contributed by atoms with van der Waals surface area (Å²) in [6.07, 6.45) is 6.78. The fourth-order valence-corrected chi connectivity index (χ4v) is 5.72. The minimum atomic E-state index is -0.404. The number of likely N-dealkylation sites (tertiary alicyclic amines) is 1. The fraction of sp³-hybridized carbons (Fsp3) is 0.444. The van der Waals surface area contributed by atoms with Crippen LogP contribution in [0.2, 0.25) is 0 Å². The molecule has 0 radical (unpaired) electrons. The topological polar surface area (TPSA) is 91.4 Å². The standard InChI is InChI=1S/C27H33FN6O2S/c1-3-24(35)29-17-4-6-18(7-5-17)30-26-25-22(12-15-37-25)32-27(33-26)31-19-8-9-23(21(28)16-19)36-20-10-13-34(2)14-11-20/h3,8-9,12,15-18,20H,1,4-7,10-11,13-14H2,2H3,(H,29,35)(H2,30,31,32,33)/t17-,18+. The number of amides is 1. The Kier molecular flexibility index (Phi) is 7.85. The van der Waals surface area contributed by atoms with E-state index < -0.39 is 5.82 Å². The Morgan fingerprint density at radius 1 is 1.14 bits per heavy atom. The Labute approximate surface area is 220 Å². The molecule has 8 nitrogen and oxygen atoms in total. The highest BCUT2D eigenvalue weighted by Crippen LogP contribution is 2.32. The molecule has 1 aromatic carbocycles. The molecule has 1 saturated carbocycles.